The van der Waals surface area contributed by atoms with E-state index in [0.29, 0.717) is 6.10 Å². The number of ether oxygens (including phenoxy) is 1. The Kier molecular flexibility index (Phi) is 5.61. The lowest BCUT2D eigenvalue weighted by atomic mass is 10.1. The monoisotopic (exact) mass is 341 g/mol. The third kappa shape index (κ3) is 4.61. The zero-order chi connectivity index (χ0) is 15.4. The maximum atomic E-state index is 6.00. The normalized spacial score (nSPS) is 20.5. The Morgan fingerprint density at radius 1 is 1.36 bits per heavy atom. The highest BCUT2D eigenvalue weighted by Crippen LogP contribution is 2.30. The number of hydrogen-bond acceptors (Lipinski definition) is 3. The lowest BCUT2D eigenvalue weighted by Crippen LogP contribution is -2.46. The van der Waals surface area contributed by atoms with Gasteiger partial charge < -0.3 is 15.0 Å². The average molecular weight is 342 g/mol. The number of aliphatic imine (C=N–C) groups is 1. The summed E-state index contributed by atoms with van der Waals surface area (Å²) in [5.74, 6) is 1.83. The molecular formula is C16H24ClN3OS. The minimum atomic E-state index is 0.436. The van der Waals surface area contributed by atoms with Crippen LogP contribution in [0.4, 0.5) is 0 Å². The maximum absolute atomic E-state index is 6.00. The van der Waals surface area contributed by atoms with Crippen LogP contribution in [0.5, 0.6) is 0 Å². The molecular weight excluding hydrogens is 318 g/mol. The summed E-state index contributed by atoms with van der Waals surface area (Å²) in [5.41, 5.74) is 0. The van der Waals surface area contributed by atoms with Gasteiger partial charge in [0.1, 0.15) is 0 Å². The number of halogens is 1. The third-order valence-corrected chi connectivity index (χ3v) is 5.50. The minimum absolute atomic E-state index is 0.436. The molecule has 1 aromatic rings. The molecule has 6 heteroatoms. The SMILES string of the molecule is CN=C(NCc1ccc(Cl)s1)N1CCC(OCC2CC2)CC1. The summed E-state index contributed by atoms with van der Waals surface area (Å²) in [6.45, 7) is 3.78. The maximum Gasteiger partial charge on any atom is 0.193 e. The first-order valence-corrected chi connectivity index (χ1v) is 9.25. The number of rotatable bonds is 5. The van der Waals surface area contributed by atoms with Crippen molar-refractivity contribution < 1.29 is 4.74 Å². The second-order valence-electron chi connectivity index (χ2n) is 6.07. The zero-order valence-corrected chi connectivity index (χ0v) is 14.6. The minimum Gasteiger partial charge on any atom is -0.378 e. The summed E-state index contributed by atoms with van der Waals surface area (Å²) in [6, 6.07) is 4.00. The summed E-state index contributed by atoms with van der Waals surface area (Å²) >= 11 is 7.58. The topological polar surface area (TPSA) is 36.9 Å². The van der Waals surface area contributed by atoms with Gasteiger partial charge in [-0.1, -0.05) is 11.6 Å². The Labute approximate surface area is 141 Å². The first-order chi connectivity index (χ1) is 10.7. The van der Waals surface area contributed by atoms with Crippen LogP contribution in [0.15, 0.2) is 17.1 Å². The molecule has 1 aliphatic carbocycles. The van der Waals surface area contributed by atoms with E-state index < -0.39 is 0 Å². The van der Waals surface area contributed by atoms with Crippen LogP contribution < -0.4 is 5.32 Å². The zero-order valence-electron chi connectivity index (χ0n) is 13.1. The molecule has 1 aromatic heterocycles. The predicted octanol–water partition coefficient (Wildman–Crippen LogP) is 3.37. The molecule has 0 spiro atoms. The quantitative estimate of drug-likeness (QED) is 0.659. The van der Waals surface area contributed by atoms with Gasteiger partial charge in [-0.25, -0.2) is 0 Å². The molecule has 1 aliphatic heterocycles. The molecule has 0 unspecified atom stereocenters. The highest BCUT2D eigenvalue weighted by Gasteiger charge is 2.26. The lowest BCUT2D eigenvalue weighted by Gasteiger charge is -2.34. The summed E-state index contributed by atoms with van der Waals surface area (Å²) in [4.78, 5) is 7.96. The Morgan fingerprint density at radius 3 is 2.73 bits per heavy atom. The van der Waals surface area contributed by atoms with Crippen molar-refractivity contribution in [3.8, 4) is 0 Å². The van der Waals surface area contributed by atoms with E-state index in [4.69, 9.17) is 16.3 Å². The molecule has 0 atom stereocenters. The van der Waals surface area contributed by atoms with Gasteiger partial charge in [0.25, 0.3) is 0 Å². The van der Waals surface area contributed by atoms with Gasteiger partial charge in [-0.2, -0.15) is 0 Å². The summed E-state index contributed by atoms with van der Waals surface area (Å²) in [6.07, 6.45) is 5.35. The number of thiophene rings is 1. The molecule has 3 rings (SSSR count). The molecule has 0 aromatic carbocycles. The van der Waals surface area contributed by atoms with Crippen molar-refractivity contribution in [1.82, 2.24) is 10.2 Å². The molecule has 2 heterocycles. The fourth-order valence-corrected chi connectivity index (χ4v) is 3.76. The second kappa shape index (κ2) is 7.66. The van der Waals surface area contributed by atoms with E-state index >= 15 is 0 Å². The Morgan fingerprint density at radius 2 is 2.14 bits per heavy atom. The van der Waals surface area contributed by atoms with Crippen molar-refractivity contribution in [2.24, 2.45) is 10.9 Å². The van der Waals surface area contributed by atoms with Gasteiger partial charge >= 0.3 is 0 Å². The van der Waals surface area contributed by atoms with Gasteiger partial charge in [-0.3, -0.25) is 4.99 Å². The van der Waals surface area contributed by atoms with Crippen molar-refractivity contribution in [2.75, 3.05) is 26.7 Å². The molecule has 1 saturated heterocycles. The van der Waals surface area contributed by atoms with Gasteiger partial charge in [0.15, 0.2) is 5.96 Å². The standard InChI is InChI=1S/C16H24ClN3OS/c1-18-16(19-10-14-4-5-15(17)22-14)20-8-6-13(7-9-20)21-11-12-2-3-12/h4-5,12-13H,2-3,6-11H2,1H3,(H,18,19). The van der Waals surface area contributed by atoms with E-state index in [-0.39, 0.29) is 0 Å². The smallest absolute Gasteiger partial charge is 0.193 e. The summed E-state index contributed by atoms with van der Waals surface area (Å²) < 4.78 is 6.83. The molecule has 0 radical (unpaired) electrons. The predicted molar refractivity (Wildman–Crippen MR) is 92.8 cm³/mol. The summed E-state index contributed by atoms with van der Waals surface area (Å²) in [5, 5.41) is 3.43. The first kappa shape index (κ1) is 16.1. The number of nitrogens with zero attached hydrogens (tertiary/aromatic N) is 2. The fraction of sp³-hybridized carbons (Fsp3) is 0.688. The number of likely N-dealkylation sites (tertiary alicyclic amines) is 1. The summed E-state index contributed by atoms with van der Waals surface area (Å²) in [7, 11) is 1.85. The molecule has 122 valence electrons. The van der Waals surface area contributed by atoms with Crippen LogP contribution in [-0.2, 0) is 11.3 Å². The van der Waals surface area contributed by atoms with Crippen molar-refractivity contribution >= 4 is 28.9 Å². The Balaban J connectivity index is 1.41. The van der Waals surface area contributed by atoms with Crippen molar-refractivity contribution in [1.29, 1.82) is 0 Å². The van der Waals surface area contributed by atoms with Crippen LogP contribution in [0.1, 0.15) is 30.6 Å². The molecule has 4 nitrogen and oxygen atoms in total. The van der Waals surface area contributed by atoms with Crippen LogP contribution in [0.3, 0.4) is 0 Å². The molecule has 22 heavy (non-hydrogen) atoms. The van der Waals surface area contributed by atoms with E-state index in [1.807, 2.05) is 13.1 Å². The Hall–Kier alpha value is -0.780. The van der Waals surface area contributed by atoms with Gasteiger partial charge in [-0.15, -0.1) is 11.3 Å². The largest absolute Gasteiger partial charge is 0.378 e. The number of piperidine rings is 1. The van der Waals surface area contributed by atoms with Gasteiger partial charge in [-0.05, 0) is 43.7 Å². The van der Waals surface area contributed by atoms with Crippen LogP contribution in [0, 0.1) is 5.92 Å². The van der Waals surface area contributed by atoms with E-state index in [9.17, 15) is 0 Å². The van der Waals surface area contributed by atoms with Crippen LogP contribution in [0.2, 0.25) is 4.34 Å². The molecule has 2 aliphatic rings. The number of hydrogen-bond donors (Lipinski definition) is 1. The third-order valence-electron chi connectivity index (χ3n) is 4.27. The van der Waals surface area contributed by atoms with Crippen LogP contribution >= 0.6 is 22.9 Å². The van der Waals surface area contributed by atoms with Gasteiger partial charge in [0.05, 0.1) is 17.0 Å². The average Bonchev–Trinajstić information content (AvgIpc) is 3.28. The van der Waals surface area contributed by atoms with Gasteiger partial charge in [0, 0.05) is 31.6 Å². The lowest BCUT2D eigenvalue weighted by molar-refractivity contribution is 0.0131. The first-order valence-electron chi connectivity index (χ1n) is 8.06. The molecule has 0 amide bonds. The highest BCUT2D eigenvalue weighted by molar-refractivity contribution is 7.16. The molecule has 1 saturated carbocycles. The van der Waals surface area contributed by atoms with Crippen LogP contribution in [0.25, 0.3) is 0 Å². The van der Waals surface area contributed by atoms with Crippen molar-refractivity contribution in [3.63, 3.8) is 0 Å². The second-order valence-corrected chi connectivity index (χ2v) is 7.87. The number of guanidine groups is 1. The van der Waals surface area contributed by atoms with Crippen molar-refractivity contribution in [2.45, 2.75) is 38.3 Å². The fourth-order valence-electron chi connectivity index (χ4n) is 2.74. The van der Waals surface area contributed by atoms with Crippen molar-refractivity contribution in [3.05, 3.63) is 21.3 Å². The molecule has 1 N–H and O–H groups in total. The van der Waals surface area contributed by atoms with Crippen LogP contribution in [-0.4, -0.2) is 43.7 Å². The Bertz CT molecular complexity index is 507. The molecule has 2 fully saturated rings. The van der Waals surface area contributed by atoms with Gasteiger partial charge in [0.2, 0.25) is 0 Å². The van der Waals surface area contributed by atoms with E-state index in [0.717, 1.165) is 55.3 Å². The van der Waals surface area contributed by atoms with E-state index in [2.05, 4.69) is 21.3 Å². The molecule has 0 bridgehead atoms. The number of nitrogens with one attached hydrogen (secondary N) is 1. The van der Waals surface area contributed by atoms with E-state index in [1.165, 1.54) is 17.7 Å². The highest BCUT2D eigenvalue weighted by atomic mass is 35.5. The van der Waals surface area contributed by atoms with E-state index in [1.54, 1.807) is 11.3 Å².